The van der Waals surface area contributed by atoms with E-state index in [1.807, 2.05) is 33.8 Å². The van der Waals surface area contributed by atoms with Crippen molar-refractivity contribution < 1.29 is 23.2 Å². The van der Waals surface area contributed by atoms with Gasteiger partial charge in [0.05, 0.1) is 17.7 Å². The number of ether oxygens (including phenoxy) is 1. The van der Waals surface area contributed by atoms with E-state index in [4.69, 9.17) is 14.0 Å². The van der Waals surface area contributed by atoms with Crippen molar-refractivity contribution in [2.75, 3.05) is 4.90 Å². The van der Waals surface area contributed by atoms with E-state index in [1.165, 1.54) is 17.0 Å². The van der Waals surface area contributed by atoms with Gasteiger partial charge in [-0.25, -0.2) is 14.2 Å². The molecular formula is C19H20BFN2O4. The number of fused-ring (bicyclic) bond motifs is 1. The van der Waals surface area contributed by atoms with Crippen LogP contribution in [0.1, 0.15) is 33.3 Å². The second-order valence-corrected chi connectivity index (χ2v) is 7.71. The third-order valence-electron chi connectivity index (χ3n) is 5.36. The van der Waals surface area contributed by atoms with Crippen LogP contribution in [-0.4, -0.2) is 29.4 Å². The van der Waals surface area contributed by atoms with Crippen molar-refractivity contribution in [3.05, 3.63) is 47.9 Å². The van der Waals surface area contributed by atoms with Gasteiger partial charge < -0.3 is 14.0 Å². The third-order valence-corrected chi connectivity index (χ3v) is 5.36. The number of halogens is 1. The van der Waals surface area contributed by atoms with Gasteiger partial charge in [0.15, 0.2) is 0 Å². The third kappa shape index (κ3) is 2.98. The molecule has 0 atom stereocenters. The largest absolute Gasteiger partial charge is 0.498 e. The van der Waals surface area contributed by atoms with Crippen LogP contribution in [-0.2, 0) is 15.9 Å². The molecule has 1 aromatic carbocycles. The summed E-state index contributed by atoms with van der Waals surface area (Å²) in [4.78, 5) is 18.3. The van der Waals surface area contributed by atoms with Crippen LogP contribution in [0.5, 0.6) is 5.75 Å². The number of anilines is 1. The topological polar surface area (TPSA) is 60.9 Å². The number of amides is 1. The van der Waals surface area contributed by atoms with Gasteiger partial charge in [-0.2, -0.15) is 0 Å². The molecule has 1 saturated heterocycles. The predicted octanol–water partition coefficient (Wildman–Crippen LogP) is 3.04. The van der Waals surface area contributed by atoms with Crippen LogP contribution >= 0.6 is 0 Å². The van der Waals surface area contributed by atoms with Crippen LogP contribution in [0, 0.1) is 5.82 Å². The molecule has 140 valence electrons. The maximum Gasteiger partial charge on any atom is 0.498 e. The fourth-order valence-corrected chi connectivity index (χ4v) is 3.09. The summed E-state index contributed by atoms with van der Waals surface area (Å²) in [7, 11) is -0.666. The molecular weight excluding hydrogens is 350 g/mol. The van der Waals surface area contributed by atoms with Crippen LogP contribution < -0.4 is 15.1 Å². The predicted molar refractivity (Wildman–Crippen MR) is 98.6 cm³/mol. The van der Waals surface area contributed by atoms with Gasteiger partial charge in [-0.1, -0.05) is 12.1 Å². The summed E-state index contributed by atoms with van der Waals surface area (Å²) in [5.74, 6) is 0.172. The first kappa shape index (κ1) is 17.9. The summed E-state index contributed by atoms with van der Waals surface area (Å²) >= 11 is 0. The van der Waals surface area contributed by atoms with Crippen LogP contribution in [0.15, 0.2) is 36.5 Å². The number of nitrogens with zero attached hydrogens (tertiary/aromatic N) is 2. The lowest BCUT2D eigenvalue weighted by molar-refractivity contribution is 0.00578. The zero-order valence-electron chi connectivity index (χ0n) is 15.7. The molecule has 2 aromatic rings. The van der Waals surface area contributed by atoms with Gasteiger partial charge in [0.2, 0.25) is 0 Å². The lowest BCUT2D eigenvalue weighted by Gasteiger charge is -2.32. The molecule has 2 aliphatic rings. The minimum Gasteiger partial charge on any atom is -0.409 e. The molecule has 1 fully saturated rings. The molecule has 8 heteroatoms. The number of carbonyl (C=O) groups is 1. The highest BCUT2D eigenvalue weighted by Gasteiger charge is 2.53. The average Bonchev–Trinajstić information content (AvgIpc) is 2.82. The van der Waals surface area contributed by atoms with Gasteiger partial charge >= 0.3 is 13.2 Å². The lowest BCUT2D eigenvalue weighted by Crippen LogP contribution is -2.44. The van der Waals surface area contributed by atoms with E-state index >= 15 is 0 Å². The first-order valence-electron chi connectivity index (χ1n) is 8.76. The van der Waals surface area contributed by atoms with Gasteiger partial charge in [-0.15, -0.1) is 0 Å². The Labute approximate surface area is 157 Å². The molecule has 2 aliphatic heterocycles. The molecule has 0 saturated carbocycles. The van der Waals surface area contributed by atoms with Crippen LogP contribution in [0.2, 0.25) is 0 Å². The monoisotopic (exact) mass is 370 g/mol. The molecule has 0 unspecified atom stereocenters. The Morgan fingerprint density at radius 2 is 1.85 bits per heavy atom. The molecule has 0 radical (unpaired) electrons. The lowest BCUT2D eigenvalue weighted by atomic mass is 9.79. The van der Waals surface area contributed by atoms with E-state index < -0.39 is 30.2 Å². The summed E-state index contributed by atoms with van der Waals surface area (Å²) in [6, 6.07) is 7.73. The number of pyridine rings is 1. The molecule has 1 amide bonds. The number of benzene rings is 1. The Bertz CT molecular complexity index is 902. The Morgan fingerprint density at radius 3 is 2.56 bits per heavy atom. The molecule has 0 spiro atoms. The van der Waals surface area contributed by atoms with E-state index in [9.17, 15) is 9.18 Å². The summed E-state index contributed by atoms with van der Waals surface area (Å²) in [6.45, 7) is 8.07. The standard InChI is InChI=1S/C19H20BFN2O4/c1-18(2)19(3,4)27-20(26-18)14-6-5-9-22-16(14)23-11-12-7-8-13(21)10-15(12)25-17(23)24/h5-10H,11H2,1-4H3. The highest BCUT2D eigenvalue weighted by atomic mass is 19.1. The zero-order chi connectivity index (χ0) is 19.4. The molecule has 1 aromatic heterocycles. The minimum absolute atomic E-state index is 0.220. The normalized spacial score (nSPS) is 20.4. The van der Waals surface area contributed by atoms with Crippen molar-refractivity contribution >= 4 is 24.5 Å². The number of hydrogen-bond donors (Lipinski definition) is 0. The van der Waals surface area contributed by atoms with Crippen molar-refractivity contribution in [3.8, 4) is 5.75 Å². The van der Waals surface area contributed by atoms with Crippen molar-refractivity contribution in [1.29, 1.82) is 0 Å². The summed E-state index contributed by atoms with van der Waals surface area (Å²) in [6.07, 6.45) is 0.974. The Balaban J connectivity index is 1.70. The minimum atomic E-state index is -0.666. The maximum absolute atomic E-state index is 13.4. The number of aromatic nitrogens is 1. The average molecular weight is 370 g/mol. The highest BCUT2D eigenvalue weighted by molar-refractivity contribution is 6.64. The van der Waals surface area contributed by atoms with E-state index in [2.05, 4.69) is 4.98 Å². The number of carbonyl (C=O) groups excluding carboxylic acids is 1. The van der Waals surface area contributed by atoms with E-state index in [-0.39, 0.29) is 12.3 Å². The summed E-state index contributed by atoms with van der Waals surface area (Å²) in [5.41, 5.74) is 0.300. The fraction of sp³-hybridized carbons (Fsp3) is 0.368. The molecule has 6 nitrogen and oxygen atoms in total. The van der Waals surface area contributed by atoms with Crippen molar-refractivity contribution in [3.63, 3.8) is 0 Å². The van der Waals surface area contributed by atoms with Gasteiger partial charge in [-0.3, -0.25) is 4.90 Å². The molecule has 27 heavy (non-hydrogen) atoms. The zero-order valence-corrected chi connectivity index (χ0v) is 15.7. The molecule has 0 bridgehead atoms. The molecule has 4 rings (SSSR count). The quantitative estimate of drug-likeness (QED) is 0.761. The van der Waals surface area contributed by atoms with Crippen LogP contribution in [0.25, 0.3) is 0 Å². The first-order valence-corrected chi connectivity index (χ1v) is 8.76. The van der Waals surface area contributed by atoms with Crippen LogP contribution in [0.4, 0.5) is 15.0 Å². The Morgan fingerprint density at radius 1 is 1.15 bits per heavy atom. The van der Waals surface area contributed by atoms with Crippen molar-refractivity contribution in [1.82, 2.24) is 4.98 Å². The van der Waals surface area contributed by atoms with Crippen molar-refractivity contribution in [2.24, 2.45) is 0 Å². The summed E-state index contributed by atoms with van der Waals surface area (Å²) in [5, 5.41) is 0. The van der Waals surface area contributed by atoms with E-state index in [0.717, 1.165) is 0 Å². The molecule has 0 aliphatic carbocycles. The summed E-state index contributed by atoms with van der Waals surface area (Å²) < 4.78 is 30.9. The highest BCUT2D eigenvalue weighted by Crippen LogP contribution is 2.37. The maximum atomic E-state index is 13.4. The number of hydrogen-bond acceptors (Lipinski definition) is 5. The SMILES string of the molecule is CC1(C)OB(c2cccnc2N2Cc3ccc(F)cc3OC2=O)OC1(C)C. The Hall–Kier alpha value is -2.45. The molecule has 3 heterocycles. The number of rotatable bonds is 2. The molecule has 0 N–H and O–H groups in total. The van der Waals surface area contributed by atoms with Gasteiger partial charge in [0.25, 0.3) is 0 Å². The smallest absolute Gasteiger partial charge is 0.409 e. The van der Waals surface area contributed by atoms with E-state index in [1.54, 1.807) is 18.3 Å². The van der Waals surface area contributed by atoms with Crippen LogP contribution in [0.3, 0.4) is 0 Å². The van der Waals surface area contributed by atoms with Crippen molar-refractivity contribution in [2.45, 2.75) is 45.4 Å². The Kier molecular flexibility index (Phi) is 4.01. The van der Waals surface area contributed by atoms with Gasteiger partial charge in [0, 0.05) is 23.3 Å². The fourth-order valence-electron chi connectivity index (χ4n) is 3.09. The van der Waals surface area contributed by atoms with Gasteiger partial charge in [-0.05, 0) is 39.8 Å². The second kappa shape index (κ2) is 6.04. The van der Waals surface area contributed by atoms with Gasteiger partial charge in [0.1, 0.15) is 17.4 Å². The van der Waals surface area contributed by atoms with E-state index in [0.29, 0.717) is 16.8 Å². The second-order valence-electron chi connectivity index (χ2n) is 7.71. The first-order chi connectivity index (χ1) is 12.7.